The van der Waals surface area contributed by atoms with E-state index < -0.39 is 0 Å². The van der Waals surface area contributed by atoms with E-state index in [4.69, 9.17) is 10.5 Å². The molecule has 0 aliphatic rings. The van der Waals surface area contributed by atoms with E-state index in [0.29, 0.717) is 12.3 Å². The number of hydrogen-bond donors (Lipinski definition) is 2. The molecule has 1 aromatic rings. The van der Waals surface area contributed by atoms with Crippen LogP contribution < -0.4 is 11.1 Å². The predicted molar refractivity (Wildman–Crippen MR) is 65.3 cm³/mol. The molecule has 1 aromatic carbocycles. The van der Waals surface area contributed by atoms with Crippen LogP contribution in [-0.4, -0.2) is 19.1 Å². The second kappa shape index (κ2) is 6.12. The molecule has 1 rings (SSSR count). The van der Waals surface area contributed by atoms with E-state index in [1.165, 1.54) is 0 Å². The molecule has 88 valence electrons. The minimum Gasteiger partial charge on any atom is -0.399 e. The van der Waals surface area contributed by atoms with Crippen LogP contribution in [0.15, 0.2) is 18.2 Å². The van der Waals surface area contributed by atoms with Crippen molar-refractivity contribution in [3.05, 3.63) is 23.8 Å². The number of rotatable bonds is 5. The van der Waals surface area contributed by atoms with E-state index in [-0.39, 0.29) is 12.5 Å². The molecule has 0 fully saturated rings. The lowest BCUT2D eigenvalue weighted by Crippen LogP contribution is -2.19. The van der Waals surface area contributed by atoms with Crippen LogP contribution in [-0.2, 0) is 9.53 Å². The summed E-state index contributed by atoms with van der Waals surface area (Å²) < 4.78 is 5.14. The highest BCUT2D eigenvalue weighted by Gasteiger charge is 2.04. The average Bonchev–Trinajstić information content (AvgIpc) is 2.24. The fraction of sp³-hybridized carbons (Fsp3) is 0.417. The van der Waals surface area contributed by atoms with Gasteiger partial charge in [0, 0.05) is 18.0 Å². The molecule has 0 saturated carbocycles. The maximum Gasteiger partial charge on any atom is 0.250 e. The van der Waals surface area contributed by atoms with Crippen LogP contribution in [0, 0.1) is 6.92 Å². The molecule has 0 radical (unpaired) electrons. The van der Waals surface area contributed by atoms with Gasteiger partial charge < -0.3 is 15.8 Å². The monoisotopic (exact) mass is 222 g/mol. The molecule has 0 heterocycles. The first-order valence-corrected chi connectivity index (χ1v) is 5.37. The van der Waals surface area contributed by atoms with E-state index in [9.17, 15) is 4.79 Å². The maximum atomic E-state index is 11.5. The molecule has 4 nitrogen and oxygen atoms in total. The molecular weight excluding hydrogens is 204 g/mol. The number of aryl methyl sites for hydroxylation is 1. The zero-order valence-electron chi connectivity index (χ0n) is 9.75. The Morgan fingerprint density at radius 1 is 1.50 bits per heavy atom. The number of ether oxygens (including phenoxy) is 1. The van der Waals surface area contributed by atoms with Crippen molar-refractivity contribution in [2.75, 3.05) is 24.3 Å². The molecule has 0 bridgehead atoms. The number of benzene rings is 1. The molecule has 0 atom stereocenters. The summed E-state index contributed by atoms with van der Waals surface area (Å²) in [6, 6.07) is 5.42. The normalized spacial score (nSPS) is 10.1. The van der Waals surface area contributed by atoms with Crippen molar-refractivity contribution < 1.29 is 9.53 Å². The van der Waals surface area contributed by atoms with Crippen LogP contribution in [0.5, 0.6) is 0 Å². The molecule has 0 saturated heterocycles. The number of nitrogens with one attached hydrogen (secondary N) is 1. The second-order valence-corrected chi connectivity index (χ2v) is 3.68. The third kappa shape index (κ3) is 3.90. The zero-order valence-corrected chi connectivity index (χ0v) is 9.75. The number of amides is 1. The van der Waals surface area contributed by atoms with Crippen LogP contribution in [0.25, 0.3) is 0 Å². The molecule has 16 heavy (non-hydrogen) atoms. The molecular formula is C12H18N2O2. The van der Waals surface area contributed by atoms with Crippen molar-refractivity contribution in [1.82, 2.24) is 0 Å². The lowest BCUT2D eigenvalue weighted by atomic mass is 10.2. The SMILES string of the molecule is CCCOCC(=O)Nc1cc(N)ccc1C. The molecule has 0 spiro atoms. The Morgan fingerprint density at radius 3 is 2.94 bits per heavy atom. The van der Waals surface area contributed by atoms with E-state index in [2.05, 4.69) is 5.32 Å². The van der Waals surface area contributed by atoms with Gasteiger partial charge in [0.2, 0.25) is 5.91 Å². The smallest absolute Gasteiger partial charge is 0.250 e. The zero-order chi connectivity index (χ0) is 12.0. The third-order valence-electron chi connectivity index (χ3n) is 2.12. The topological polar surface area (TPSA) is 64.3 Å². The Labute approximate surface area is 95.8 Å². The summed E-state index contributed by atoms with van der Waals surface area (Å²) in [7, 11) is 0. The van der Waals surface area contributed by atoms with Crippen LogP contribution in [0.1, 0.15) is 18.9 Å². The van der Waals surface area contributed by atoms with Crippen molar-refractivity contribution in [2.24, 2.45) is 0 Å². The number of nitrogens with two attached hydrogens (primary N) is 1. The molecule has 0 aliphatic heterocycles. The number of hydrogen-bond acceptors (Lipinski definition) is 3. The molecule has 3 N–H and O–H groups in total. The summed E-state index contributed by atoms with van der Waals surface area (Å²) in [5.74, 6) is -0.151. The average molecular weight is 222 g/mol. The number of nitrogen functional groups attached to an aromatic ring is 1. The van der Waals surface area contributed by atoms with Gasteiger partial charge in [0.05, 0.1) is 0 Å². The van der Waals surface area contributed by atoms with Crippen molar-refractivity contribution >= 4 is 17.3 Å². The standard InChI is InChI=1S/C12H18N2O2/c1-3-6-16-8-12(15)14-11-7-10(13)5-4-9(11)2/h4-5,7H,3,6,8,13H2,1-2H3,(H,14,15). The van der Waals surface area contributed by atoms with Crippen molar-refractivity contribution in [2.45, 2.75) is 20.3 Å². The van der Waals surface area contributed by atoms with Gasteiger partial charge in [-0.1, -0.05) is 13.0 Å². The Bertz CT molecular complexity index is 364. The van der Waals surface area contributed by atoms with E-state index in [0.717, 1.165) is 17.7 Å². The largest absolute Gasteiger partial charge is 0.399 e. The summed E-state index contributed by atoms with van der Waals surface area (Å²) in [5.41, 5.74) is 8.00. The predicted octanol–water partition coefficient (Wildman–Crippen LogP) is 1.94. The fourth-order valence-corrected chi connectivity index (χ4v) is 1.27. The van der Waals surface area contributed by atoms with Crippen molar-refractivity contribution in [3.63, 3.8) is 0 Å². The minimum atomic E-state index is -0.151. The van der Waals surface area contributed by atoms with E-state index in [1.54, 1.807) is 12.1 Å². The summed E-state index contributed by atoms with van der Waals surface area (Å²) in [6.45, 7) is 4.60. The summed E-state index contributed by atoms with van der Waals surface area (Å²) in [6.07, 6.45) is 0.907. The van der Waals surface area contributed by atoms with Gasteiger partial charge >= 0.3 is 0 Å². The first-order valence-electron chi connectivity index (χ1n) is 5.37. The molecule has 1 amide bonds. The minimum absolute atomic E-state index is 0.0854. The summed E-state index contributed by atoms with van der Waals surface area (Å²) >= 11 is 0. The number of anilines is 2. The number of carbonyl (C=O) groups is 1. The van der Waals surface area contributed by atoms with Crippen molar-refractivity contribution in [3.8, 4) is 0 Å². The van der Waals surface area contributed by atoms with Gasteiger partial charge in [0.25, 0.3) is 0 Å². The molecule has 4 heteroatoms. The highest BCUT2D eigenvalue weighted by atomic mass is 16.5. The Balaban J connectivity index is 2.52. The van der Waals surface area contributed by atoms with Gasteiger partial charge in [-0.05, 0) is 31.0 Å². The third-order valence-corrected chi connectivity index (χ3v) is 2.12. The molecule has 0 aromatic heterocycles. The lowest BCUT2D eigenvalue weighted by Gasteiger charge is -2.09. The van der Waals surface area contributed by atoms with Crippen LogP contribution in [0.4, 0.5) is 11.4 Å². The summed E-state index contributed by atoms with van der Waals surface area (Å²) in [5, 5.41) is 2.77. The van der Waals surface area contributed by atoms with Gasteiger partial charge in [-0.25, -0.2) is 0 Å². The Morgan fingerprint density at radius 2 is 2.25 bits per heavy atom. The van der Waals surface area contributed by atoms with Crippen LogP contribution in [0.2, 0.25) is 0 Å². The molecule has 0 unspecified atom stereocenters. The van der Waals surface area contributed by atoms with Gasteiger partial charge in [0.1, 0.15) is 6.61 Å². The first kappa shape index (κ1) is 12.5. The van der Waals surface area contributed by atoms with Gasteiger partial charge in [-0.3, -0.25) is 4.79 Å². The molecule has 0 aliphatic carbocycles. The number of carbonyl (C=O) groups excluding carboxylic acids is 1. The summed E-state index contributed by atoms with van der Waals surface area (Å²) in [4.78, 5) is 11.5. The van der Waals surface area contributed by atoms with Gasteiger partial charge in [-0.2, -0.15) is 0 Å². The Kier molecular flexibility index (Phi) is 4.79. The Hall–Kier alpha value is -1.55. The van der Waals surface area contributed by atoms with E-state index >= 15 is 0 Å². The quantitative estimate of drug-likeness (QED) is 0.591. The second-order valence-electron chi connectivity index (χ2n) is 3.68. The maximum absolute atomic E-state index is 11.5. The van der Waals surface area contributed by atoms with Crippen molar-refractivity contribution in [1.29, 1.82) is 0 Å². The highest BCUT2D eigenvalue weighted by molar-refractivity contribution is 5.92. The lowest BCUT2D eigenvalue weighted by molar-refractivity contribution is -0.120. The highest BCUT2D eigenvalue weighted by Crippen LogP contribution is 2.17. The van der Waals surface area contributed by atoms with Crippen LogP contribution >= 0.6 is 0 Å². The van der Waals surface area contributed by atoms with E-state index in [1.807, 2.05) is 19.9 Å². The fourth-order valence-electron chi connectivity index (χ4n) is 1.27. The van der Waals surface area contributed by atoms with Crippen LogP contribution in [0.3, 0.4) is 0 Å². The van der Waals surface area contributed by atoms with Gasteiger partial charge in [0.15, 0.2) is 0 Å². The van der Waals surface area contributed by atoms with Gasteiger partial charge in [-0.15, -0.1) is 0 Å². The first-order chi connectivity index (χ1) is 7.63.